The maximum atomic E-state index is 15.1. The van der Waals surface area contributed by atoms with Crippen LogP contribution in [0.2, 0.25) is 0 Å². The Morgan fingerprint density at radius 2 is 1.78 bits per heavy atom. The van der Waals surface area contributed by atoms with Gasteiger partial charge in [0.2, 0.25) is 11.8 Å². The van der Waals surface area contributed by atoms with Crippen LogP contribution in [0.25, 0.3) is 11.0 Å². The first-order valence-electron chi connectivity index (χ1n) is 11.5. The number of hydrogen-bond acceptors (Lipinski definition) is 8. The van der Waals surface area contributed by atoms with Crippen molar-refractivity contribution in [2.75, 3.05) is 24.2 Å². The van der Waals surface area contributed by atoms with Crippen molar-refractivity contribution in [3.05, 3.63) is 60.3 Å². The van der Waals surface area contributed by atoms with Crippen molar-refractivity contribution in [2.24, 2.45) is 0 Å². The van der Waals surface area contributed by atoms with Crippen molar-refractivity contribution >= 4 is 26.8 Å². The molecule has 4 aromatic rings. The Hall–Kier alpha value is -3.67. The van der Waals surface area contributed by atoms with Gasteiger partial charge in [0.05, 0.1) is 4.90 Å². The fourth-order valence-electron chi connectivity index (χ4n) is 4.31. The molecule has 0 bridgehead atoms. The minimum Gasteiger partial charge on any atom is -0.435 e. The van der Waals surface area contributed by atoms with Crippen LogP contribution in [-0.4, -0.2) is 52.3 Å². The van der Waals surface area contributed by atoms with Gasteiger partial charge in [-0.2, -0.15) is 0 Å². The predicted molar refractivity (Wildman–Crippen MR) is 129 cm³/mol. The third-order valence-corrected chi connectivity index (χ3v) is 7.42. The van der Waals surface area contributed by atoms with Crippen molar-refractivity contribution in [1.82, 2.24) is 24.5 Å². The summed E-state index contributed by atoms with van der Waals surface area (Å²) in [4.78, 5) is 19.1. The number of ether oxygens (including phenoxy) is 1. The second kappa shape index (κ2) is 9.41. The van der Waals surface area contributed by atoms with Crippen molar-refractivity contribution in [3.63, 3.8) is 0 Å². The van der Waals surface area contributed by atoms with Gasteiger partial charge >= 0.3 is 0 Å². The maximum Gasteiger partial charge on any atom is 0.234 e. The minimum atomic E-state index is -3.59. The summed E-state index contributed by atoms with van der Waals surface area (Å²) in [6.45, 7) is 3.45. The van der Waals surface area contributed by atoms with Crippen molar-refractivity contribution in [2.45, 2.75) is 37.1 Å². The molecule has 0 N–H and O–H groups in total. The first kappa shape index (κ1) is 24.0. The van der Waals surface area contributed by atoms with Crippen LogP contribution in [0.3, 0.4) is 0 Å². The zero-order chi connectivity index (χ0) is 25.4. The molecule has 0 saturated carbocycles. The maximum absolute atomic E-state index is 15.1. The SMILES string of the molecule is CCc1cnc(N2CCC(n3cc(F)c4c(Oc5ccc(S(C)(=O)=O)cc5F)ncnc43)CC2)nc1. The van der Waals surface area contributed by atoms with Crippen LogP contribution in [0.4, 0.5) is 14.7 Å². The summed E-state index contributed by atoms with van der Waals surface area (Å²) in [5, 5.41) is 0.0324. The van der Waals surface area contributed by atoms with Gasteiger partial charge in [0.25, 0.3) is 0 Å². The summed E-state index contributed by atoms with van der Waals surface area (Å²) >= 11 is 0. The van der Waals surface area contributed by atoms with E-state index in [0.717, 1.165) is 37.1 Å². The second-order valence-electron chi connectivity index (χ2n) is 8.69. The van der Waals surface area contributed by atoms with Crippen molar-refractivity contribution < 1.29 is 21.9 Å². The van der Waals surface area contributed by atoms with Crippen LogP contribution in [0, 0.1) is 11.6 Å². The summed E-state index contributed by atoms with van der Waals surface area (Å²) in [5.74, 6) is -1.22. The number of halogens is 2. The molecule has 1 aliphatic heterocycles. The molecule has 1 saturated heterocycles. The van der Waals surface area contributed by atoms with E-state index in [0.29, 0.717) is 24.7 Å². The van der Waals surface area contributed by atoms with Gasteiger partial charge in [-0.05, 0) is 43.0 Å². The number of aryl methyl sites for hydroxylation is 1. The molecule has 0 atom stereocenters. The largest absolute Gasteiger partial charge is 0.435 e. The highest BCUT2D eigenvalue weighted by Crippen LogP contribution is 2.35. The Bertz CT molecular complexity index is 1520. The van der Waals surface area contributed by atoms with Crippen LogP contribution < -0.4 is 9.64 Å². The first-order valence-corrected chi connectivity index (χ1v) is 13.4. The molecule has 5 rings (SSSR count). The average Bonchev–Trinajstić information content (AvgIpc) is 3.22. The van der Waals surface area contributed by atoms with E-state index in [1.54, 1.807) is 4.57 Å². The van der Waals surface area contributed by atoms with E-state index in [2.05, 4.69) is 31.8 Å². The number of hydrogen-bond donors (Lipinski definition) is 0. The second-order valence-corrected chi connectivity index (χ2v) is 10.7. The molecule has 1 aliphatic rings. The molecule has 0 unspecified atom stereocenters. The van der Waals surface area contributed by atoms with Gasteiger partial charge in [-0.1, -0.05) is 6.92 Å². The van der Waals surface area contributed by atoms with Crippen molar-refractivity contribution in [1.29, 1.82) is 0 Å². The number of anilines is 1. The molecule has 4 heterocycles. The van der Waals surface area contributed by atoms with Gasteiger partial charge in [-0.25, -0.2) is 37.1 Å². The average molecular weight is 515 g/mol. The standard InChI is InChI=1S/C24H24F2N6O3S/c1-3-15-11-27-24(28-12-15)31-8-6-16(7-9-31)32-13-19(26)21-22(32)29-14-30-23(21)35-20-5-4-17(10-18(20)25)36(2,33)34/h4-5,10-14,16H,3,6-9H2,1-2H3. The van der Waals surface area contributed by atoms with Crippen LogP contribution >= 0.6 is 0 Å². The Labute approximate surface area is 206 Å². The van der Waals surface area contributed by atoms with E-state index in [1.165, 1.54) is 24.7 Å². The number of nitrogens with zero attached hydrogens (tertiary/aromatic N) is 6. The van der Waals surface area contributed by atoms with E-state index in [4.69, 9.17) is 4.74 Å². The third-order valence-electron chi connectivity index (χ3n) is 6.31. The van der Waals surface area contributed by atoms with Crippen LogP contribution in [-0.2, 0) is 16.3 Å². The zero-order valence-electron chi connectivity index (χ0n) is 19.7. The quantitative estimate of drug-likeness (QED) is 0.379. The molecule has 3 aromatic heterocycles. The Balaban J connectivity index is 1.38. The van der Waals surface area contributed by atoms with Gasteiger partial charge in [0, 0.05) is 44.0 Å². The molecule has 1 aromatic carbocycles. The minimum absolute atomic E-state index is 0.0169. The summed E-state index contributed by atoms with van der Waals surface area (Å²) in [7, 11) is -3.59. The van der Waals surface area contributed by atoms with E-state index in [-0.39, 0.29) is 28.0 Å². The lowest BCUT2D eigenvalue weighted by Gasteiger charge is -2.32. The number of fused-ring (bicyclic) bond motifs is 1. The molecule has 12 heteroatoms. The number of aromatic nitrogens is 5. The smallest absolute Gasteiger partial charge is 0.234 e. The Morgan fingerprint density at radius 1 is 1.06 bits per heavy atom. The lowest BCUT2D eigenvalue weighted by atomic mass is 10.1. The van der Waals surface area contributed by atoms with E-state index in [1.807, 2.05) is 12.4 Å². The van der Waals surface area contributed by atoms with Crippen LogP contribution in [0.5, 0.6) is 11.6 Å². The molecular formula is C24H24F2N6O3S. The lowest BCUT2D eigenvalue weighted by molar-refractivity contribution is 0.398. The summed E-state index contributed by atoms with van der Waals surface area (Å²) < 4.78 is 60.3. The summed E-state index contributed by atoms with van der Waals surface area (Å²) in [6.07, 6.45) is 9.57. The molecule has 36 heavy (non-hydrogen) atoms. The van der Waals surface area contributed by atoms with E-state index >= 15 is 4.39 Å². The van der Waals surface area contributed by atoms with E-state index < -0.39 is 21.5 Å². The molecular weight excluding hydrogens is 490 g/mol. The molecule has 0 radical (unpaired) electrons. The molecule has 0 amide bonds. The zero-order valence-corrected chi connectivity index (χ0v) is 20.5. The van der Waals surface area contributed by atoms with Gasteiger partial charge in [0.15, 0.2) is 32.9 Å². The molecule has 1 fully saturated rings. The fourth-order valence-corrected chi connectivity index (χ4v) is 4.94. The highest BCUT2D eigenvalue weighted by atomic mass is 32.2. The topological polar surface area (TPSA) is 103 Å². The van der Waals surface area contributed by atoms with Gasteiger partial charge < -0.3 is 14.2 Å². The molecule has 0 aliphatic carbocycles. The number of piperidine rings is 1. The summed E-state index contributed by atoms with van der Waals surface area (Å²) in [6, 6.07) is 3.25. The van der Waals surface area contributed by atoms with Gasteiger partial charge in [-0.3, -0.25) is 0 Å². The third kappa shape index (κ3) is 4.60. The van der Waals surface area contributed by atoms with E-state index in [9.17, 15) is 12.8 Å². The summed E-state index contributed by atoms with van der Waals surface area (Å²) in [5.41, 5.74) is 1.42. The van der Waals surface area contributed by atoms with Crippen molar-refractivity contribution in [3.8, 4) is 11.6 Å². The first-order chi connectivity index (χ1) is 17.2. The van der Waals surface area contributed by atoms with Crippen LogP contribution in [0.1, 0.15) is 31.4 Å². The van der Waals surface area contributed by atoms with Crippen LogP contribution in [0.15, 0.2) is 48.0 Å². The number of benzene rings is 1. The fraction of sp³-hybridized carbons (Fsp3) is 0.333. The monoisotopic (exact) mass is 514 g/mol. The van der Waals surface area contributed by atoms with Gasteiger partial charge in [-0.15, -0.1) is 0 Å². The molecule has 0 spiro atoms. The van der Waals surface area contributed by atoms with Gasteiger partial charge in [0.1, 0.15) is 11.7 Å². The highest BCUT2D eigenvalue weighted by molar-refractivity contribution is 7.90. The predicted octanol–water partition coefficient (Wildman–Crippen LogP) is 4.10. The number of rotatable bonds is 6. The number of sulfone groups is 1. The molecule has 9 nitrogen and oxygen atoms in total. The Kier molecular flexibility index (Phi) is 6.29. The highest BCUT2D eigenvalue weighted by Gasteiger charge is 2.26. The normalized spacial score (nSPS) is 14.9. The lowest BCUT2D eigenvalue weighted by Crippen LogP contribution is -2.35. The molecule has 188 valence electrons. The Morgan fingerprint density at radius 3 is 2.42 bits per heavy atom.